The second kappa shape index (κ2) is 7.13. The number of halogens is 1. The number of aliphatic hydroxyl groups is 1. The Kier molecular flexibility index (Phi) is 5.76. The lowest BCUT2D eigenvalue weighted by Gasteiger charge is -2.60. The van der Waals surface area contributed by atoms with E-state index in [0.29, 0.717) is 18.4 Å². The number of aliphatic hydroxyl groups excluding tert-OH is 1. The first-order valence-corrected chi connectivity index (χ1v) is 9.21. The summed E-state index contributed by atoms with van der Waals surface area (Å²) in [6.45, 7) is 8.30. The summed E-state index contributed by atoms with van der Waals surface area (Å²) < 4.78 is 0. The largest absolute Gasteiger partial charge is 0.392 e. The Bertz CT molecular complexity index is 563. The molecule has 2 aliphatic rings. The van der Waals surface area contributed by atoms with Crippen LogP contribution >= 0.6 is 11.6 Å². The molecule has 1 saturated carbocycles. The van der Waals surface area contributed by atoms with Crippen LogP contribution in [0, 0.1) is 22.7 Å². The van der Waals surface area contributed by atoms with Crippen molar-refractivity contribution in [1.82, 2.24) is 0 Å². The molecule has 0 aromatic carbocycles. The van der Waals surface area contributed by atoms with Crippen molar-refractivity contribution in [3.8, 4) is 0 Å². The minimum atomic E-state index is -0.680. The summed E-state index contributed by atoms with van der Waals surface area (Å²) in [7, 11) is 0. The molecule has 0 heterocycles. The van der Waals surface area contributed by atoms with Crippen LogP contribution in [0.5, 0.6) is 0 Å². The van der Waals surface area contributed by atoms with Crippen molar-refractivity contribution in [2.75, 3.05) is 0 Å². The molecule has 0 bridgehead atoms. The molecule has 3 nitrogen and oxygen atoms in total. The molecule has 4 heteroatoms. The molecule has 1 N–H and O–H groups in total. The van der Waals surface area contributed by atoms with Crippen molar-refractivity contribution in [3.63, 3.8) is 0 Å². The highest BCUT2D eigenvalue weighted by Crippen LogP contribution is 2.61. The monoisotopic (exact) mass is 352 g/mol. The summed E-state index contributed by atoms with van der Waals surface area (Å²) >= 11 is 6.72. The van der Waals surface area contributed by atoms with Gasteiger partial charge in [0.25, 0.3) is 0 Å². The molecule has 0 aromatic heterocycles. The normalized spacial score (nSPS) is 41.8. The van der Waals surface area contributed by atoms with Crippen LogP contribution in [-0.4, -0.2) is 29.2 Å². The van der Waals surface area contributed by atoms with Gasteiger partial charge in [-0.2, -0.15) is 0 Å². The van der Waals surface area contributed by atoms with E-state index in [-0.39, 0.29) is 16.7 Å². The second-order valence-corrected chi connectivity index (χ2v) is 8.66. The third-order valence-electron chi connectivity index (χ3n) is 6.54. The van der Waals surface area contributed by atoms with Gasteiger partial charge in [0.05, 0.1) is 12.0 Å². The minimum absolute atomic E-state index is 0.0701. The standard InChI is InChI=1S/C20H29ClO3/c1-13(2)6-5-9-19(3)16-8-7-14(11-22)15(12-23)20(16,4)18(24)10-17(19)21/h6-7,11-12,15-18,24H,5,8-10H2,1-4H3. The molecule has 2 rings (SSSR count). The number of aldehydes is 2. The van der Waals surface area contributed by atoms with E-state index in [1.54, 1.807) is 0 Å². The maximum absolute atomic E-state index is 11.8. The van der Waals surface area contributed by atoms with E-state index >= 15 is 0 Å². The number of rotatable bonds is 5. The van der Waals surface area contributed by atoms with E-state index in [1.807, 2.05) is 13.0 Å². The van der Waals surface area contributed by atoms with Crippen molar-refractivity contribution in [2.24, 2.45) is 22.7 Å². The topological polar surface area (TPSA) is 54.4 Å². The zero-order valence-corrected chi connectivity index (χ0v) is 15.8. The van der Waals surface area contributed by atoms with Gasteiger partial charge in [-0.15, -0.1) is 11.6 Å². The Morgan fingerprint density at radius 2 is 2.04 bits per heavy atom. The van der Waals surface area contributed by atoms with Gasteiger partial charge in [0.15, 0.2) is 0 Å². The molecule has 134 valence electrons. The molecule has 24 heavy (non-hydrogen) atoms. The van der Waals surface area contributed by atoms with Gasteiger partial charge < -0.3 is 9.90 Å². The van der Waals surface area contributed by atoms with Crippen LogP contribution in [-0.2, 0) is 9.59 Å². The number of carbonyl (C=O) groups is 2. The lowest BCUT2D eigenvalue weighted by atomic mass is 9.46. The number of allylic oxidation sites excluding steroid dienone is 4. The Morgan fingerprint density at radius 1 is 1.38 bits per heavy atom. The third-order valence-corrected chi connectivity index (χ3v) is 7.21. The van der Waals surface area contributed by atoms with Crippen LogP contribution < -0.4 is 0 Å². The molecule has 0 spiro atoms. The SMILES string of the molecule is CC(C)=CCCC1(C)C(Cl)CC(O)C2(C)C(C=O)C(C=O)=CCC12. The Labute approximate surface area is 150 Å². The third kappa shape index (κ3) is 3.01. The van der Waals surface area contributed by atoms with E-state index in [0.717, 1.165) is 25.4 Å². The van der Waals surface area contributed by atoms with Gasteiger partial charge in [0, 0.05) is 10.8 Å². The molecule has 0 aliphatic heterocycles. The number of hydrogen-bond donors (Lipinski definition) is 1. The molecule has 6 atom stereocenters. The van der Waals surface area contributed by atoms with E-state index in [2.05, 4.69) is 26.8 Å². The van der Waals surface area contributed by atoms with Crippen LogP contribution in [0.25, 0.3) is 0 Å². The van der Waals surface area contributed by atoms with Gasteiger partial charge in [-0.05, 0) is 56.4 Å². The summed E-state index contributed by atoms with van der Waals surface area (Å²) in [5, 5.41) is 10.7. The Morgan fingerprint density at radius 3 is 2.58 bits per heavy atom. The lowest BCUT2D eigenvalue weighted by Crippen LogP contribution is -2.60. The van der Waals surface area contributed by atoms with Gasteiger partial charge in [-0.1, -0.05) is 31.6 Å². The maximum atomic E-state index is 11.8. The first-order chi connectivity index (χ1) is 11.2. The summed E-state index contributed by atoms with van der Waals surface area (Å²) in [5.41, 5.74) is 0.953. The van der Waals surface area contributed by atoms with Gasteiger partial charge in [0.2, 0.25) is 0 Å². The average Bonchev–Trinajstić information content (AvgIpc) is 2.52. The fourth-order valence-electron chi connectivity index (χ4n) is 4.92. The van der Waals surface area contributed by atoms with Crippen molar-refractivity contribution < 1.29 is 14.7 Å². The summed E-state index contributed by atoms with van der Waals surface area (Å²) in [6, 6.07) is 0. The van der Waals surface area contributed by atoms with Crippen molar-refractivity contribution in [2.45, 2.75) is 64.9 Å². The first-order valence-electron chi connectivity index (χ1n) is 8.77. The zero-order chi connectivity index (χ0) is 18.1. The predicted molar refractivity (Wildman–Crippen MR) is 97.0 cm³/mol. The van der Waals surface area contributed by atoms with Crippen LogP contribution in [0.2, 0.25) is 0 Å². The van der Waals surface area contributed by atoms with E-state index in [4.69, 9.17) is 11.6 Å². The minimum Gasteiger partial charge on any atom is -0.392 e. The predicted octanol–water partition coefficient (Wildman–Crippen LogP) is 4.08. The van der Waals surface area contributed by atoms with Crippen LogP contribution in [0.4, 0.5) is 0 Å². The molecule has 0 radical (unpaired) electrons. The van der Waals surface area contributed by atoms with Gasteiger partial charge in [-0.25, -0.2) is 0 Å². The van der Waals surface area contributed by atoms with Gasteiger partial charge in [0.1, 0.15) is 12.6 Å². The molecular formula is C20H29ClO3. The van der Waals surface area contributed by atoms with Crippen molar-refractivity contribution in [1.29, 1.82) is 0 Å². The molecule has 2 aliphatic carbocycles. The molecule has 0 saturated heterocycles. The zero-order valence-electron chi connectivity index (χ0n) is 15.1. The quantitative estimate of drug-likeness (QED) is 0.461. The van der Waals surface area contributed by atoms with Gasteiger partial charge in [-0.3, -0.25) is 4.79 Å². The van der Waals surface area contributed by atoms with Crippen molar-refractivity contribution in [3.05, 3.63) is 23.3 Å². The first kappa shape index (κ1) is 19.4. The molecule has 0 amide bonds. The second-order valence-electron chi connectivity index (χ2n) is 8.14. The summed E-state index contributed by atoms with van der Waals surface area (Å²) in [5.74, 6) is -0.489. The van der Waals surface area contributed by atoms with Crippen LogP contribution in [0.3, 0.4) is 0 Å². The fourth-order valence-corrected chi connectivity index (χ4v) is 5.35. The fraction of sp³-hybridized carbons (Fsp3) is 0.700. The molecule has 0 aromatic rings. The highest BCUT2D eigenvalue weighted by molar-refractivity contribution is 6.21. The average molecular weight is 353 g/mol. The highest BCUT2D eigenvalue weighted by Gasteiger charge is 2.61. The highest BCUT2D eigenvalue weighted by atomic mass is 35.5. The summed E-state index contributed by atoms with van der Waals surface area (Å²) in [4.78, 5) is 23.2. The lowest BCUT2D eigenvalue weighted by molar-refractivity contribution is -0.145. The van der Waals surface area contributed by atoms with E-state index in [9.17, 15) is 14.7 Å². The van der Waals surface area contributed by atoms with Crippen molar-refractivity contribution >= 4 is 24.2 Å². The maximum Gasteiger partial charge on any atom is 0.146 e. The molecular weight excluding hydrogens is 324 g/mol. The number of alkyl halides is 1. The number of fused-ring (bicyclic) bond motifs is 1. The Balaban J connectivity index is 2.44. The van der Waals surface area contributed by atoms with Crippen LogP contribution in [0.15, 0.2) is 23.3 Å². The Hall–Kier alpha value is -0.930. The smallest absolute Gasteiger partial charge is 0.146 e. The number of hydrogen-bond acceptors (Lipinski definition) is 3. The summed E-state index contributed by atoms with van der Waals surface area (Å²) in [6.07, 6.45) is 7.98. The van der Waals surface area contributed by atoms with E-state index < -0.39 is 17.4 Å². The van der Waals surface area contributed by atoms with Gasteiger partial charge >= 0.3 is 0 Å². The molecule has 1 fully saturated rings. The number of carbonyl (C=O) groups excluding carboxylic acids is 2. The molecule has 6 unspecified atom stereocenters. The van der Waals surface area contributed by atoms with Crippen LogP contribution in [0.1, 0.15) is 53.4 Å². The van der Waals surface area contributed by atoms with E-state index in [1.165, 1.54) is 5.57 Å².